The van der Waals surface area contributed by atoms with Gasteiger partial charge in [-0.3, -0.25) is 0 Å². The van der Waals surface area contributed by atoms with Crippen LogP contribution >= 0.6 is 11.6 Å². The number of rotatable bonds is 3. The zero-order valence-corrected chi connectivity index (χ0v) is 16.7. The first-order valence-corrected chi connectivity index (χ1v) is 8.95. The first kappa shape index (κ1) is 21.8. The number of aromatic nitrogens is 2. The molecule has 30 heavy (non-hydrogen) atoms. The number of nitrogens with zero attached hydrogens (tertiary/aromatic N) is 3. The van der Waals surface area contributed by atoms with Crippen LogP contribution in [0.1, 0.15) is 30.8 Å². The average molecular weight is 444 g/mol. The van der Waals surface area contributed by atoms with Crippen LogP contribution in [0.3, 0.4) is 0 Å². The van der Waals surface area contributed by atoms with E-state index in [4.69, 9.17) is 11.6 Å². The Bertz CT molecular complexity index is 1170. The quantitative estimate of drug-likeness (QED) is 0.267. The molecule has 3 rings (SSSR count). The molecule has 0 fully saturated rings. The maximum atomic E-state index is 15.4. The third-order valence-corrected chi connectivity index (χ3v) is 4.71. The third kappa shape index (κ3) is 3.89. The molecule has 1 heterocycles. The Hall–Kier alpha value is -2.94. The Morgan fingerprint density at radius 2 is 1.80 bits per heavy atom. The highest BCUT2D eigenvalue weighted by Gasteiger charge is 2.37. The number of benzene rings is 2. The zero-order chi connectivity index (χ0) is 22.4. The van der Waals surface area contributed by atoms with Crippen molar-refractivity contribution in [3.63, 3.8) is 0 Å². The first-order chi connectivity index (χ1) is 13.9. The minimum Gasteiger partial charge on any atom is -0.507 e. The van der Waals surface area contributed by atoms with Gasteiger partial charge < -0.3 is 5.11 Å². The Labute approximate surface area is 173 Å². The summed E-state index contributed by atoms with van der Waals surface area (Å²) in [6, 6.07) is 3.33. The van der Waals surface area contributed by atoms with Gasteiger partial charge in [-0.1, -0.05) is 16.1 Å². The number of halogens is 6. The van der Waals surface area contributed by atoms with E-state index in [1.165, 1.54) is 20.0 Å². The summed E-state index contributed by atoms with van der Waals surface area (Å²) in [5, 5.41) is 9.59. The Morgan fingerprint density at radius 1 is 1.13 bits per heavy atom. The van der Waals surface area contributed by atoms with Gasteiger partial charge >= 0.3 is 6.18 Å². The van der Waals surface area contributed by atoms with E-state index in [0.717, 1.165) is 18.2 Å². The Morgan fingerprint density at radius 3 is 2.40 bits per heavy atom. The highest BCUT2D eigenvalue weighted by molar-refractivity contribution is 6.35. The number of fused-ring (bicyclic) bond motifs is 1. The molecule has 0 bridgehead atoms. The molecular formula is C20H15ClF5N3O. The number of allylic oxidation sites excluding steroid dienone is 1. The molecule has 0 radical (unpaired) electrons. The number of hydrogen-bond donors (Lipinski definition) is 1. The summed E-state index contributed by atoms with van der Waals surface area (Å²) < 4.78 is 69.7. The van der Waals surface area contributed by atoms with E-state index < -0.39 is 39.6 Å². The van der Waals surface area contributed by atoms with Gasteiger partial charge in [0.1, 0.15) is 17.4 Å². The van der Waals surface area contributed by atoms with Gasteiger partial charge in [-0.2, -0.15) is 18.3 Å². The Balaban J connectivity index is 2.28. The largest absolute Gasteiger partial charge is 0.507 e. The fourth-order valence-electron chi connectivity index (χ4n) is 2.90. The summed E-state index contributed by atoms with van der Waals surface area (Å²) in [4.78, 5) is 7.99. The number of aryl methyl sites for hydroxylation is 1. The molecule has 0 aliphatic carbocycles. The fraction of sp³-hybridized carbons (Fsp3) is 0.200. The van der Waals surface area contributed by atoms with Crippen LogP contribution < -0.4 is 5.12 Å². The smallest absolute Gasteiger partial charge is 0.417 e. The van der Waals surface area contributed by atoms with Crippen molar-refractivity contribution < 1.29 is 27.1 Å². The highest BCUT2D eigenvalue weighted by Crippen LogP contribution is 2.45. The van der Waals surface area contributed by atoms with Crippen molar-refractivity contribution in [1.82, 2.24) is 9.97 Å². The summed E-state index contributed by atoms with van der Waals surface area (Å²) in [6.45, 7) is 4.33. The normalized spacial score (nSPS) is 11.6. The maximum Gasteiger partial charge on any atom is 0.417 e. The van der Waals surface area contributed by atoms with Gasteiger partial charge in [0.25, 0.3) is 0 Å². The average Bonchev–Trinajstić information content (AvgIpc) is 2.64. The Kier molecular flexibility index (Phi) is 5.60. The van der Waals surface area contributed by atoms with Gasteiger partial charge in [0.05, 0.1) is 27.5 Å². The van der Waals surface area contributed by atoms with E-state index in [-0.39, 0.29) is 27.3 Å². The lowest BCUT2D eigenvalue weighted by Crippen LogP contribution is -2.13. The number of aliphatic hydroxyl groups excluding tert-OH is 1. The van der Waals surface area contributed by atoms with E-state index in [9.17, 15) is 22.7 Å². The predicted molar refractivity (Wildman–Crippen MR) is 105 cm³/mol. The summed E-state index contributed by atoms with van der Waals surface area (Å²) in [5.74, 6) is -1.22. The summed E-state index contributed by atoms with van der Waals surface area (Å²) >= 11 is 6.12. The van der Waals surface area contributed by atoms with Crippen molar-refractivity contribution in [2.75, 3.05) is 5.12 Å². The van der Waals surface area contributed by atoms with Crippen LogP contribution in [0.5, 0.6) is 0 Å². The second-order valence-electron chi connectivity index (χ2n) is 6.72. The molecule has 0 saturated carbocycles. The second-order valence-corrected chi connectivity index (χ2v) is 7.10. The lowest BCUT2D eigenvalue weighted by atomic mass is 10.0. The first-order valence-electron chi connectivity index (χ1n) is 8.57. The summed E-state index contributed by atoms with van der Waals surface area (Å²) in [5.41, 5.74) is -2.61. The lowest BCUT2D eigenvalue weighted by molar-refractivity contribution is -0.137. The van der Waals surface area contributed by atoms with Crippen molar-refractivity contribution in [2.45, 2.75) is 26.9 Å². The number of aliphatic hydroxyl groups is 1. The van der Waals surface area contributed by atoms with Gasteiger partial charge in [-0.25, -0.2) is 14.4 Å². The molecule has 1 N–H and O–H groups in total. The van der Waals surface area contributed by atoms with Gasteiger partial charge in [0.15, 0.2) is 0 Å². The molecule has 0 aliphatic heterocycles. The van der Waals surface area contributed by atoms with Crippen molar-refractivity contribution in [3.8, 4) is 0 Å². The predicted octanol–water partition coefficient (Wildman–Crippen LogP) is 7.08. The molecule has 0 spiro atoms. The van der Waals surface area contributed by atoms with Crippen LogP contribution in [0.4, 0.5) is 33.4 Å². The van der Waals surface area contributed by atoms with Crippen LogP contribution in [-0.2, 0) is 6.18 Å². The molecule has 0 amide bonds. The number of alkyl halides is 3. The van der Waals surface area contributed by atoms with Crippen LogP contribution in [0.25, 0.3) is 16.7 Å². The zero-order valence-electron chi connectivity index (χ0n) is 15.9. The van der Waals surface area contributed by atoms with Crippen LogP contribution in [-0.4, -0.2) is 15.1 Å². The monoisotopic (exact) mass is 443 g/mol. The fourth-order valence-corrected chi connectivity index (χ4v) is 3.23. The molecule has 2 aromatic carbocycles. The van der Waals surface area contributed by atoms with Crippen molar-refractivity contribution >= 4 is 39.6 Å². The van der Waals surface area contributed by atoms with Gasteiger partial charge in [-0.15, -0.1) is 0 Å². The van der Waals surface area contributed by atoms with Crippen LogP contribution in [0.15, 0.2) is 36.0 Å². The van der Waals surface area contributed by atoms with Gasteiger partial charge in [0.2, 0.25) is 0 Å². The topological polar surface area (TPSA) is 49.2 Å². The van der Waals surface area contributed by atoms with E-state index in [0.29, 0.717) is 11.9 Å². The molecule has 0 unspecified atom stereocenters. The van der Waals surface area contributed by atoms with Crippen LogP contribution in [0.2, 0.25) is 5.02 Å². The summed E-state index contributed by atoms with van der Waals surface area (Å²) in [6.07, 6.45) is -3.58. The minimum absolute atomic E-state index is 0.0611. The second kappa shape index (κ2) is 7.71. The molecule has 10 heteroatoms. The molecular weight excluding hydrogens is 429 g/mol. The SMILES string of the molecule is CC(C)=C(O)c1c(C(F)(F)F)ccc(N(F)c2cc(F)cc3nc(C)ncc23)c1Cl. The maximum absolute atomic E-state index is 15.4. The standard InChI is InChI=1S/C20H15ClF5N3O/c1-9(2)19(30)17-13(20(23,24)25)4-5-15(18(17)21)29(26)16-7-11(22)6-14-12(16)8-27-10(3)28-14/h4-8,30H,1-3H3. The molecule has 0 atom stereocenters. The van der Waals surface area contributed by atoms with Crippen molar-refractivity contribution in [3.05, 3.63) is 63.8 Å². The van der Waals surface area contributed by atoms with E-state index in [1.54, 1.807) is 6.92 Å². The van der Waals surface area contributed by atoms with Gasteiger partial charge in [0, 0.05) is 29.3 Å². The van der Waals surface area contributed by atoms with Crippen molar-refractivity contribution in [2.24, 2.45) is 0 Å². The molecule has 3 aromatic rings. The molecule has 4 nitrogen and oxygen atoms in total. The third-order valence-electron chi connectivity index (χ3n) is 4.32. The van der Waals surface area contributed by atoms with Crippen LogP contribution in [0, 0.1) is 12.7 Å². The van der Waals surface area contributed by atoms with Gasteiger partial charge in [-0.05, 0) is 38.5 Å². The number of hydrogen-bond acceptors (Lipinski definition) is 4. The molecule has 0 saturated heterocycles. The lowest BCUT2D eigenvalue weighted by Gasteiger charge is -2.21. The van der Waals surface area contributed by atoms with E-state index in [1.807, 2.05) is 0 Å². The van der Waals surface area contributed by atoms with Crippen molar-refractivity contribution in [1.29, 1.82) is 0 Å². The summed E-state index contributed by atoms with van der Waals surface area (Å²) in [7, 11) is 0. The minimum atomic E-state index is -4.85. The number of anilines is 2. The van der Waals surface area contributed by atoms with E-state index >= 15 is 4.48 Å². The molecule has 0 aliphatic rings. The van der Waals surface area contributed by atoms with E-state index in [2.05, 4.69) is 9.97 Å². The highest BCUT2D eigenvalue weighted by atomic mass is 35.5. The molecule has 158 valence electrons. The molecule has 1 aromatic heterocycles.